The zero-order chi connectivity index (χ0) is 17.1. The molecule has 1 N–H and O–H groups in total. The van der Waals surface area contributed by atoms with Crippen LogP contribution in [0.2, 0.25) is 0 Å². The second-order valence-corrected chi connectivity index (χ2v) is 5.71. The summed E-state index contributed by atoms with van der Waals surface area (Å²) < 4.78 is 5.32. The first-order valence-electron chi connectivity index (χ1n) is 8.11. The fourth-order valence-corrected chi connectivity index (χ4v) is 2.70. The van der Waals surface area contributed by atoms with Crippen LogP contribution in [0.25, 0.3) is 10.9 Å². The lowest BCUT2D eigenvalue weighted by atomic mass is 10.2. The highest BCUT2D eigenvalue weighted by atomic mass is 16.5. The van der Waals surface area contributed by atoms with Gasteiger partial charge in [-0.2, -0.15) is 0 Å². The topological polar surface area (TPSA) is 80.2 Å². The monoisotopic (exact) mass is 335 g/mol. The van der Waals surface area contributed by atoms with Crippen molar-refractivity contribution in [2.75, 3.05) is 36.5 Å². The van der Waals surface area contributed by atoms with Gasteiger partial charge in [0.1, 0.15) is 5.69 Å². The predicted octanol–water partition coefficient (Wildman–Crippen LogP) is 2.11. The Hall–Kier alpha value is -3.06. The molecule has 0 atom stereocenters. The molecule has 0 bridgehead atoms. The van der Waals surface area contributed by atoms with E-state index in [1.54, 1.807) is 18.5 Å². The first kappa shape index (κ1) is 15.5. The Balaban J connectivity index is 1.47. The van der Waals surface area contributed by atoms with Crippen LogP contribution in [-0.2, 0) is 4.74 Å². The number of carbonyl (C=O) groups is 1. The summed E-state index contributed by atoms with van der Waals surface area (Å²) in [7, 11) is 0. The molecule has 1 aliphatic rings. The number of benzene rings is 1. The van der Waals surface area contributed by atoms with E-state index in [9.17, 15) is 4.79 Å². The molecule has 2 aromatic heterocycles. The Kier molecular flexibility index (Phi) is 4.22. The molecule has 3 heterocycles. The van der Waals surface area contributed by atoms with E-state index in [-0.39, 0.29) is 5.91 Å². The van der Waals surface area contributed by atoms with Gasteiger partial charge in [-0.1, -0.05) is 24.3 Å². The van der Waals surface area contributed by atoms with Crippen molar-refractivity contribution >= 4 is 28.4 Å². The van der Waals surface area contributed by atoms with Crippen molar-refractivity contribution in [1.82, 2.24) is 15.0 Å². The van der Waals surface area contributed by atoms with Crippen LogP contribution in [0.3, 0.4) is 0 Å². The fraction of sp³-hybridized carbons (Fsp3) is 0.222. The highest BCUT2D eigenvalue weighted by Crippen LogP contribution is 2.15. The van der Waals surface area contributed by atoms with E-state index in [4.69, 9.17) is 4.74 Å². The van der Waals surface area contributed by atoms with Crippen LogP contribution in [0.15, 0.2) is 48.8 Å². The molecule has 126 valence electrons. The number of para-hydroxylation sites is 1. The van der Waals surface area contributed by atoms with Gasteiger partial charge in [-0.15, -0.1) is 0 Å². The number of amides is 1. The normalized spacial score (nSPS) is 14.5. The van der Waals surface area contributed by atoms with E-state index in [2.05, 4.69) is 25.2 Å². The van der Waals surface area contributed by atoms with Crippen molar-refractivity contribution in [3.63, 3.8) is 0 Å². The number of anilines is 2. The first-order valence-corrected chi connectivity index (χ1v) is 8.11. The van der Waals surface area contributed by atoms with Crippen molar-refractivity contribution in [2.24, 2.45) is 0 Å². The summed E-state index contributed by atoms with van der Waals surface area (Å²) in [6, 6.07) is 11.3. The number of rotatable bonds is 3. The van der Waals surface area contributed by atoms with Crippen molar-refractivity contribution in [1.29, 1.82) is 0 Å². The Bertz CT molecular complexity index is 891. The minimum atomic E-state index is -0.284. The summed E-state index contributed by atoms with van der Waals surface area (Å²) >= 11 is 0. The maximum atomic E-state index is 12.4. The number of hydrogen-bond donors (Lipinski definition) is 1. The molecule has 0 spiro atoms. The zero-order valence-corrected chi connectivity index (χ0v) is 13.6. The second kappa shape index (κ2) is 6.82. The number of fused-ring (bicyclic) bond motifs is 1. The number of nitrogens with one attached hydrogen (secondary N) is 1. The van der Waals surface area contributed by atoms with Crippen LogP contribution >= 0.6 is 0 Å². The molecular weight excluding hydrogens is 318 g/mol. The van der Waals surface area contributed by atoms with Gasteiger partial charge in [-0.25, -0.2) is 15.0 Å². The van der Waals surface area contributed by atoms with Gasteiger partial charge in [0.05, 0.1) is 36.8 Å². The first-order chi connectivity index (χ1) is 12.3. The number of aromatic nitrogens is 3. The van der Waals surface area contributed by atoms with E-state index in [0.717, 1.165) is 24.0 Å². The lowest BCUT2D eigenvalue weighted by Gasteiger charge is -2.26. The molecule has 1 fully saturated rings. The number of ether oxygens (including phenoxy) is 1. The fourth-order valence-electron chi connectivity index (χ4n) is 2.70. The third-order valence-electron chi connectivity index (χ3n) is 4.02. The summed E-state index contributed by atoms with van der Waals surface area (Å²) in [5, 5.41) is 3.78. The molecule has 1 amide bonds. The van der Waals surface area contributed by atoms with Gasteiger partial charge in [0.25, 0.3) is 5.91 Å². The highest BCUT2D eigenvalue weighted by Gasteiger charge is 2.14. The molecule has 1 aromatic carbocycles. The average molecular weight is 335 g/mol. The van der Waals surface area contributed by atoms with Gasteiger partial charge in [-0.05, 0) is 12.1 Å². The van der Waals surface area contributed by atoms with Gasteiger partial charge >= 0.3 is 0 Å². The standard InChI is InChI=1S/C18H17N5O2/c24-17(16-6-5-13-3-1-2-4-15(13)22-16)21-14-11-19-18(20-12-14)23-7-9-25-10-8-23/h1-6,11-12H,7-10H2,(H,21,24). The summed E-state index contributed by atoms with van der Waals surface area (Å²) in [5.41, 5.74) is 1.68. The van der Waals surface area contributed by atoms with E-state index >= 15 is 0 Å². The van der Waals surface area contributed by atoms with Crippen LogP contribution in [-0.4, -0.2) is 47.2 Å². The van der Waals surface area contributed by atoms with Crippen molar-refractivity contribution in [2.45, 2.75) is 0 Å². The van der Waals surface area contributed by atoms with Crippen molar-refractivity contribution in [3.8, 4) is 0 Å². The third-order valence-corrected chi connectivity index (χ3v) is 4.02. The molecule has 7 nitrogen and oxygen atoms in total. The lowest BCUT2D eigenvalue weighted by Crippen LogP contribution is -2.37. The van der Waals surface area contributed by atoms with Gasteiger partial charge in [0, 0.05) is 18.5 Å². The largest absolute Gasteiger partial charge is 0.378 e. The Morgan fingerprint density at radius 3 is 2.60 bits per heavy atom. The number of pyridine rings is 1. The Morgan fingerprint density at radius 2 is 1.80 bits per heavy atom. The Labute approximate surface area is 144 Å². The molecule has 1 saturated heterocycles. The second-order valence-electron chi connectivity index (χ2n) is 5.71. The van der Waals surface area contributed by atoms with Gasteiger partial charge in [0.2, 0.25) is 5.95 Å². The summed E-state index contributed by atoms with van der Waals surface area (Å²) in [6.45, 7) is 2.89. The predicted molar refractivity (Wildman–Crippen MR) is 94.8 cm³/mol. The maximum absolute atomic E-state index is 12.4. The van der Waals surface area contributed by atoms with E-state index in [1.165, 1.54) is 0 Å². The van der Waals surface area contributed by atoms with E-state index in [0.29, 0.717) is 30.5 Å². The maximum Gasteiger partial charge on any atom is 0.274 e. The summed E-state index contributed by atoms with van der Waals surface area (Å²) in [4.78, 5) is 27.5. The van der Waals surface area contributed by atoms with Gasteiger partial charge in [-0.3, -0.25) is 4.79 Å². The van der Waals surface area contributed by atoms with Crippen LogP contribution in [0.4, 0.5) is 11.6 Å². The third kappa shape index (κ3) is 3.41. The Morgan fingerprint density at radius 1 is 1.04 bits per heavy atom. The van der Waals surface area contributed by atoms with Gasteiger partial charge in [0.15, 0.2) is 0 Å². The van der Waals surface area contributed by atoms with Crippen LogP contribution < -0.4 is 10.2 Å². The van der Waals surface area contributed by atoms with Crippen molar-refractivity contribution < 1.29 is 9.53 Å². The highest BCUT2D eigenvalue weighted by molar-refractivity contribution is 6.03. The smallest absolute Gasteiger partial charge is 0.274 e. The zero-order valence-electron chi connectivity index (χ0n) is 13.6. The molecule has 0 saturated carbocycles. The van der Waals surface area contributed by atoms with E-state index < -0.39 is 0 Å². The van der Waals surface area contributed by atoms with Crippen LogP contribution in [0.1, 0.15) is 10.5 Å². The molecule has 0 radical (unpaired) electrons. The molecule has 25 heavy (non-hydrogen) atoms. The minimum absolute atomic E-state index is 0.284. The number of carbonyl (C=O) groups excluding carboxylic acids is 1. The van der Waals surface area contributed by atoms with Gasteiger partial charge < -0.3 is 15.0 Å². The number of morpholine rings is 1. The molecule has 3 aromatic rings. The van der Waals surface area contributed by atoms with E-state index in [1.807, 2.05) is 30.3 Å². The molecule has 0 aliphatic carbocycles. The number of nitrogens with zero attached hydrogens (tertiary/aromatic N) is 4. The molecule has 4 rings (SSSR count). The average Bonchev–Trinajstić information content (AvgIpc) is 2.69. The SMILES string of the molecule is O=C(Nc1cnc(N2CCOCC2)nc1)c1ccc2ccccc2n1. The number of hydrogen-bond acceptors (Lipinski definition) is 6. The van der Waals surface area contributed by atoms with Crippen LogP contribution in [0, 0.1) is 0 Å². The summed E-state index contributed by atoms with van der Waals surface area (Å²) in [5.74, 6) is 0.360. The molecule has 7 heteroatoms. The quantitative estimate of drug-likeness (QED) is 0.790. The van der Waals surface area contributed by atoms with Crippen molar-refractivity contribution in [3.05, 3.63) is 54.5 Å². The summed E-state index contributed by atoms with van der Waals surface area (Å²) in [6.07, 6.45) is 3.22. The molecule has 0 unspecified atom stereocenters. The molecular formula is C18H17N5O2. The molecule has 1 aliphatic heterocycles. The lowest BCUT2D eigenvalue weighted by molar-refractivity contribution is 0.102. The minimum Gasteiger partial charge on any atom is -0.378 e. The van der Waals surface area contributed by atoms with Crippen LogP contribution in [0.5, 0.6) is 0 Å².